The zero-order valence-corrected chi connectivity index (χ0v) is 15.1. The van der Waals surface area contributed by atoms with Gasteiger partial charge in [-0.2, -0.15) is 0 Å². The number of aryl methyl sites for hydroxylation is 1. The van der Waals surface area contributed by atoms with Gasteiger partial charge in [0.2, 0.25) is 0 Å². The van der Waals surface area contributed by atoms with Crippen LogP contribution in [0.25, 0.3) is 0 Å². The zero-order valence-electron chi connectivity index (χ0n) is 14.3. The van der Waals surface area contributed by atoms with Crippen molar-refractivity contribution in [3.8, 4) is 0 Å². The molecule has 1 aromatic rings. The van der Waals surface area contributed by atoms with Crippen LogP contribution < -0.4 is 11.1 Å². The quantitative estimate of drug-likeness (QED) is 0.701. The molecule has 0 spiro atoms. The first-order valence-corrected chi connectivity index (χ1v) is 7.42. The number of nitrogens with two attached hydrogens (primary N) is 1. The van der Waals surface area contributed by atoms with E-state index in [2.05, 4.69) is 10.3 Å². The predicted octanol–water partition coefficient (Wildman–Crippen LogP) is 2.61. The summed E-state index contributed by atoms with van der Waals surface area (Å²) in [6.45, 7) is 11.6. The minimum atomic E-state index is -0.475. The number of hydrogen-bond donors (Lipinski definition) is 3. The first-order valence-electron chi connectivity index (χ1n) is 7.42. The number of aromatic nitrogens is 1. The fourth-order valence-corrected chi connectivity index (χ4v) is 2.45. The summed E-state index contributed by atoms with van der Waals surface area (Å²) in [6, 6.07) is 0. The third-order valence-corrected chi connectivity index (χ3v) is 4.32. The molecule has 4 N–H and O–H groups in total. The van der Waals surface area contributed by atoms with E-state index in [0.29, 0.717) is 24.2 Å². The molecule has 0 saturated heterocycles. The summed E-state index contributed by atoms with van der Waals surface area (Å²) in [5, 5.41) is 3.01. The van der Waals surface area contributed by atoms with Gasteiger partial charge in [-0.15, -0.1) is 12.4 Å². The average Bonchev–Trinajstić information content (AvgIpc) is 2.75. The molecule has 0 aliphatic rings. The Labute approximate surface area is 138 Å². The number of amides is 1. The van der Waals surface area contributed by atoms with Crippen LogP contribution in [0.1, 0.15) is 66.7 Å². The van der Waals surface area contributed by atoms with Crippen molar-refractivity contribution in [2.45, 2.75) is 53.5 Å². The van der Waals surface area contributed by atoms with Gasteiger partial charge in [-0.05, 0) is 38.7 Å². The molecule has 1 heterocycles. The van der Waals surface area contributed by atoms with Crippen LogP contribution in [-0.2, 0) is 6.42 Å². The van der Waals surface area contributed by atoms with Gasteiger partial charge in [0.15, 0.2) is 5.78 Å². The summed E-state index contributed by atoms with van der Waals surface area (Å²) in [4.78, 5) is 27.4. The third-order valence-electron chi connectivity index (χ3n) is 4.32. The molecule has 1 amide bonds. The molecular weight excluding hydrogens is 302 g/mol. The van der Waals surface area contributed by atoms with Crippen molar-refractivity contribution in [2.75, 3.05) is 6.54 Å². The molecule has 1 rings (SSSR count). The molecule has 1 aromatic heterocycles. The maximum absolute atomic E-state index is 12.6. The lowest BCUT2D eigenvalue weighted by Crippen LogP contribution is -2.55. The SMILES string of the molecule is CCc1c(C(=O)NC(C)(CN)C(C)C)[nH]c(C)c1C(C)=O.Cl. The smallest absolute Gasteiger partial charge is 0.268 e. The molecule has 22 heavy (non-hydrogen) atoms. The largest absolute Gasteiger partial charge is 0.354 e. The number of nitrogens with one attached hydrogen (secondary N) is 2. The maximum atomic E-state index is 12.6. The lowest BCUT2D eigenvalue weighted by molar-refractivity contribution is 0.0877. The summed E-state index contributed by atoms with van der Waals surface area (Å²) >= 11 is 0. The molecule has 126 valence electrons. The van der Waals surface area contributed by atoms with E-state index in [1.807, 2.05) is 34.6 Å². The van der Waals surface area contributed by atoms with E-state index in [9.17, 15) is 9.59 Å². The first-order chi connectivity index (χ1) is 9.67. The number of H-pyrrole nitrogens is 1. The fourth-order valence-electron chi connectivity index (χ4n) is 2.45. The van der Waals surface area contributed by atoms with E-state index in [4.69, 9.17) is 5.73 Å². The Balaban J connectivity index is 0.00000441. The Bertz CT molecular complexity index is 552. The van der Waals surface area contributed by atoms with Gasteiger partial charge in [0.1, 0.15) is 5.69 Å². The summed E-state index contributed by atoms with van der Waals surface area (Å²) in [7, 11) is 0. The summed E-state index contributed by atoms with van der Waals surface area (Å²) in [5.74, 6) is -0.0194. The number of carbonyl (C=O) groups is 2. The molecule has 0 bridgehead atoms. The maximum Gasteiger partial charge on any atom is 0.268 e. The Morgan fingerprint density at radius 1 is 1.36 bits per heavy atom. The second kappa shape index (κ2) is 7.79. The fraction of sp³-hybridized carbons (Fsp3) is 0.625. The monoisotopic (exact) mass is 329 g/mol. The average molecular weight is 330 g/mol. The van der Waals surface area contributed by atoms with E-state index in [-0.39, 0.29) is 30.0 Å². The van der Waals surface area contributed by atoms with Gasteiger partial charge in [0.25, 0.3) is 5.91 Å². The second-order valence-electron chi connectivity index (χ2n) is 6.12. The molecule has 5 nitrogen and oxygen atoms in total. The van der Waals surface area contributed by atoms with Crippen LogP contribution in [0.2, 0.25) is 0 Å². The number of ketones is 1. The molecule has 0 aliphatic heterocycles. The number of halogens is 1. The molecule has 0 radical (unpaired) electrons. The van der Waals surface area contributed by atoms with Crippen molar-refractivity contribution in [3.05, 3.63) is 22.5 Å². The van der Waals surface area contributed by atoms with E-state index in [0.717, 1.165) is 11.3 Å². The first kappa shape index (κ1) is 20.7. The number of aromatic amines is 1. The van der Waals surface area contributed by atoms with Crippen molar-refractivity contribution in [3.63, 3.8) is 0 Å². The lowest BCUT2D eigenvalue weighted by atomic mass is 9.88. The highest BCUT2D eigenvalue weighted by atomic mass is 35.5. The van der Waals surface area contributed by atoms with Gasteiger partial charge in [-0.3, -0.25) is 9.59 Å². The molecule has 1 atom stereocenters. The highest BCUT2D eigenvalue weighted by molar-refractivity contribution is 6.02. The van der Waals surface area contributed by atoms with Gasteiger partial charge < -0.3 is 16.0 Å². The third kappa shape index (κ3) is 3.90. The number of Topliss-reactive ketones (excluding diaryl/α,β-unsaturated/α-hetero) is 1. The van der Waals surface area contributed by atoms with Crippen LogP contribution >= 0.6 is 12.4 Å². The number of hydrogen-bond acceptors (Lipinski definition) is 3. The van der Waals surface area contributed by atoms with Crippen molar-refractivity contribution in [1.29, 1.82) is 0 Å². The van der Waals surface area contributed by atoms with Crippen LogP contribution in [0.3, 0.4) is 0 Å². The van der Waals surface area contributed by atoms with Crippen molar-refractivity contribution < 1.29 is 9.59 Å². The molecule has 6 heteroatoms. The molecule has 0 aliphatic carbocycles. The van der Waals surface area contributed by atoms with Gasteiger partial charge in [-0.1, -0.05) is 20.8 Å². The topological polar surface area (TPSA) is 88.0 Å². The van der Waals surface area contributed by atoms with Gasteiger partial charge in [0.05, 0.1) is 5.54 Å². The Hall–Kier alpha value is -1.33. The van der Waals surface area contributed by atoms with Crippen molar-refractivity contribution in [1.82, 2.24) is 10.3 Å². The lowest BCUT2D eigenvalue weighted by Gasteiger charge is -2.33. The van der Waals surface area contributed by atoms with E-state index in [1.165, 1.54) is 6.92 Å². The summed E-state index contributed by atoms with van der Waals surface area (Å²) < 4.78 is 0. The highest BCUT2D eigenvalue weighted by Gasteiger charge is 2.31. The Morgan fingerprint density at radius 3 is 2.27 bits per heavy atom. The predicted molar refractivity (Wildman–Crippen MR) is 91.9 cm³/mol. The molecule has 0 aromatic carbocycles. The van der Waals surface area contributed by atoms with Crippen LogP contribution in [-0.4, -0.2) is 28.8 Å². The second-order valence-corrected chi connectivity index (χ2v) is 6.12. The number of rotatable bonds is 6. The minimum absolute atomic E-state index is 0. The van der Waals surface area contributed by atoms with E-state index >= 15 is 0 Å². The summed E-state index contributed by atoms with van der Waals surface area (Å²) in [6.07, 6.45) is 0.628. The van der Waals surface area contributed by atoms with Crippen LogP contribution in [0.5, 0.6) is 0 Å². The molecule has 1 unspecified atom stereocenters. The van der Waals surface area contributed by atoms with E-state index in [1.54, 1.807) is 0 Å². The van der Waals surface area contributed by atoms with Crippen LogP contribution in [0.15, 0.2) is 0 Å². The highest BCUT2D eigenvalue weighted by Crippen LogP contribution is 2.22. The summed E-state index contributed by atoms with van der Waals surface area (Å²) in [5.41, 5.74) is 7.95. The van der Waals surface area contributed by atoms with Gasteiger partial charge in [0, 0.05) is 17.8 Å². The molecule has 0 fully saturated rings. The normalized spacial score (nSPS) is 13.5. The standard InChI is InChI=1S/C16H27N3O2.ClH/c1-7-12-13(11(5)20)10(4)18-14(12)15(21)19-16(6,8-17)9(2)3;/h9,18H,7-8,17H2,1-6H3,(H,19,21);1H. The van der Waals surface area contributed by atoms with Gasteiger partial charge in [-0.25, -0.2) is 0 Å². The zero-order chi connectivity index (χ0) is 16.4. The Kier molecular flexibility index (Phi) is 7.32. The van der Waals surface area contributed by atoms with Crippen LogP contribution in [0, 0.1) is 12.8 Å². The minimum Gasteiger partial charge on any atom is -0.354 e. The Morgan fingerprint density at radius 2 is 1.91 bits per heavy atom. The van der Waals surface area contributed by atoms with Gasteiger partial charge >= 0.3 is 0 Å². The molecule has 0 saturated carbocycles. The van der Waals surface area contributed by atoms with Crippen molar-refractivity contribution in [2.24, 2.45) is 11.7 Å². The number of carbonyl (C=O) groups excluding carboxylic acids is 2. The van der Waals surface area contributed by atoms with Crippen LogP contribution in [0.4, 0.5) is 0 Å². The molecular formula is C16H28ClN3O2. The van der Waals surface area contributed by atoms with Crippen molar-refractivity contribution >= 4 is 24.1 Å². The van der Waals surface area contributed by atoms with E-state index < -0.39 is 5.54 Å².